The lowest BCUT2D eigenvalue weighted by Crippen LogP contribution is -2.28. The van der Waals surface area contributed by atoms with Crippen molar-refractivity contribution >= 4 is 52.4 Å². The molecule has 2 aromatic rings. The molecule has 2 aromatic carbocycles. The molecule has 0 unspecified atom stereocenters. The van der Waals surface area contributed by atoms with Gasteiger partial charge in [-0.25, -0.2) is 0 Å². The van der Waals surface area contributed by atoms with Gasteiger partial charge in [-0.05, 0) is 36.8 Å². The molecule has 1 aliphatic rings. The highest BCUT2D eigenvalue weighted by atomic mass is 35.5. The highest BCUT2D eigenvalue weighted by Crippen LogP contribution is 2.28. The second kappa shape index (κ2) is 8.63. The Kier molecular flexibility index (Phi) is 6.21. The minimum Gasteiger partial charge on any atom is -0.455 e. The standard InChI is InChI=1S/C20H18Cl2N2O4/c1-12-4-2-3-5-17(12)24-10-13(8-19(24)26)20(27)28-11-18(25)23-16-9-14(21)6-7-15(16)22/h2-7,9,13H,8,10-11H2,1H3,(H,23,25)/t13-/m0/s1. The van der Waals surface area contributed by atoms with Crippen LogP contribution in [-0.4, -0.2) is 30.9 Å². The van der Waals surface area contributed by atoms with E-state index in [9.17, 15) is 14.4 Å². The van der Waals surface area contributed by atoms with E-state index in [1.807, 2.05) is 31.2 Å². The van der Waals surface area contributed by atoms with Gasteiger partial charge in [0.1, 0.15) is 0 Å². The van der Waals surface area contributed by atoms with Gasteiger partial charge in [0, 0.05) is 23.7 Å². The number of hydrogen-bond acceptors (Lipinski definition) is 4. The number of nitrogens with one attached hydrogen (secondary N) is 1. The number of amides is 2. The van der Waals surface area contributed by atoms with Gasteiger partial charge in [0.25, 0.3) is 5.91 Å². The van der Waals surface area contributed by atoms with Crippen molar-refractivity contribution in [3.63, 3.8) is 0 Å². The Bertz CT molecular complexity index is 932. The van der Waals surface area contributed by atoms with Gasteiger partial charge < -0.3 is 15.0 Å². The van der Waals surface area contributed by atoms with Gasteiger partial charge in [-0.3, -0.25) is 14.4 Å². The summed E-state index contributed by atoms with van der Waals surface area (Å²) in [7, 11) is 0. The Morgan fingerprint density at radius 3 is 2.71 bits per heavy atom. The van der Waals surface area contributed by atoms with E-state index in [0.717, 1.165) is 11.3 Å². The van der Waals surface area contributed by atoms with E-state index in [-0.39, 0.29) is 18.9 Å². The molecule has 6 nitrogen and oxygen atoms in total. The Labute approximate surface area is 172 Å². The normalized spacial score (nSPS) is 16.2. The lowest BCUT2D eigenvalue weighted by Gasteiger charge is -2.18. The summed E-state index contributed by atoms with van der Waals surface area (Å²) in [6, 6.07) is 12.1. The Balaban J connectivity index is 1.55. The number of ether oxygens (including phenoxy) is 1. The number of carbonyl (C=O) groups is 3. The number of para-hydroxylation sites is 1. The van der Waals surface area contributed by atoms with Gasteiger partial charge in [0.05, 0.1) is 16.6 Å². The van der Waals surface area contributed by atoms with E-state index < -0.39 is 24.4 Å². The third-order valence-corrected chi connectivity index (χ3v) is 4.98. The Morgan fingerprint density at radius 2 is 1.96 bits per heavy atom. The molecule has 3 rings (SSSR count). The summed E-state index contributed by atoms with van der Waals surface area (Å²) in [6.45, 7) is 1.65. The Hall–Kier alpha value is -2.57. The van der Waals surface area contributed by atoms with Crippen LogP contribution < -0.4 is 10.2 Å². The molecule has 1 fully saturated rings. The minimum atomic E-state index is -0.616. The molecule has 1 saturated heterocycles. The third kappa shape index (κ3) is 4.64. The molecule has 0 saturated carbocycles. The number of halogens is 2. The van der Waals surface area contributed by atoms with Crippen LogP contribution in [0, 0.1) is 12.8 Å². The van der Waals surface area contributed by atoms with E-state index in [1.54, 1.807) is 17.0 Å². The topological polar surface area (TPSA) is 75.7 Å². The first-order valence-corrected chi connectivity index (χ1v) is 9.38. The zero-order valence-corrected chi connectivity index (χ0v) is 16.6. The molecule has 1 N–H and O–H groups in total. The van der Waals surface area contributed by atoms with Crippen LogP contribution in [0.3, 0.4) is 0 Å². The fraction of sp³-hybridized carbons (Fsp3) is 0.250. The maximum absolute atomic E-state index is 12.3. The lowest BCUT2D eigenvalue weighted by atomic mass is 10.1. The van der Waals surface area contributed by atoms with Crippen LogP contribution >= 0.6 is 23.2 Å². The zero-order chi connectivity index (χ0) is 20.3. The van der Waals surface area contributed by atoms with Crippen molar-refractivity contribution in [2.75, 3.05) is 23.4 Å². The number of anilines is 2. The van der Waals surface area contributed by atoms with Crippen LogP contribution in [0.2, 0.25) is 10.0 Å². The molecule has 146 valence electrons. The summed E-state index contributed by atoms with van der Waals surface area (Å²) < 4.78 is 5.09. The van der Waals surface area contributed by atoms with Gasteiger partial charge in [0.2, 0.25) is 5.91 Å². The van der Waals surface area contributed by atoms with Crippen molar-refractivity contribution < 1.29 is 19.1 Å². The summed E-state index contributed by atoms with van der Waals surface area (Å²) in [6.07, 6.45) is 0.0505. The van der Waals surface area contributed by atoms with E-state index in [2.05, 4.69) is 5.32 Å². The molecule has 8 heteroatoms. The molecule has 1 atom stereocenters. The van der Waals surface area contributed by atoms with Crippen molar-refractivity contribution in [2.24, 2.45) is 5.92 Å². The quantitative estimate of drug-likeness (QED) is 0.745. The van der Waals surface area contributed by atoms with Crippen LogP contribution in [0.1, 0.15) is 12.0 Å². The summed E-state index contributed by atoms with van der Waals surface area (Å²) in [5.74, 6) is -1.89. The van der Waals surface area contributed by atoms with Crippen molar-refractivity contribution in [3.05, 3.63) is 58.1 Å². The highest BCUT2D eigenvalue weighted by Gasteiger charge is 2.36. The summed E-state index contributed by atoms with van der Waals surface area (Å²) >= 11 is 11.9. The molecule has 0 aromatic heterocycles. The maximum atomic E-state index is 12.3. The van der Waals surface area contributed by atoms with E-state index in [4.69, 9.17) is 27.9 Å². The first kappa shape index (κ1) is 20.2. The average molecular weight is 421 g/mol. The highest BCUT2D eigenvalue weighted by molar-refractivity contribution is 6.35. The van der Waals surface area contributed by atoms with Crippen molar-refractivity contribution in [3.8, 4) is 0 Å². The van der Waals surface area contributed by atoms with Gasteiger partial charge in [-0.15, -0.1) is 0 Å². The number of rotatable bonds is 5. The summed E-state index contributed by atoms with van der Waals surface area (Å²) in [4.78, 5) is 38.2. The number of esters is 1. The van der Waals surface area contributed by atoms with Crippen LogP contribution in [-0.2, 0) is 19.1 Å². The van der Waals surface area contributed by atoms with Crippen LogP contribution in [0.15, 0.2) is 42.5 Å². The lowest BCUT2D eigenvalue weighted by molar-refractivity contribution is -0.151. The summed E-state index contributed by atoms with van der Waals surface area (Å²) in [5.41, 5.74) is 2.05. The number of hydrogen-bond donors (Lipinski definition) is 1. The molecule has 0 aliphatic carbocycles. The van der Waals surface area contributed by atoms with Crippen LogP contribution in [0.5, 0.6) is 0 Å². The van der Waals surface area contributed by atoms with Crippen molar-refractivity contribution in [1.29, 1.82) is 0 Å². The van der Waals surface area contributed by atoms with Gasteiger partial charge >= 0.3 is 5.97 Å². The molecule has 28 heavy (non-hydrogen) atoms. The monoisotopic (exact) mass is 420 g/mol. The van der Waals surface area contributed by atoms with Gasteiger partial charge in [-0.1, -0.05) is 41.4 Å². The smallest absolute Gasteiger partial charge is 0.311 e. The van der Waals surface area contributed by atoms with Crippen molar-refractivity contribution in [1.82, 2.24) is 0 Å². The minimum absolute atomic E-state index is 0.0505. The first-order chi connectivity index (χ1) is 13.3. The first-order valence-electron chi connectivity index (χ1n) is 8.62. The molecule has 2 amide bonds. The number of aryl methyl sites for hydroxylation is 1. The van der Waals surface area contributed by atoms with Gasteiger partial charge in [0.15, 0.2) is 6.61 Å². The molecule has 0 bridgehead atoms. The average Bonchev–Trinajstić information content (AvgIpc) is 3.05. The molecule has 0 spiro atoms. The van der Waals surface area contributed by atoms with Gasteiger partial charge in [-0.2, -0.15) is 0 Å². The second-order valence-corrected chi connectivity index (χ2v) is 7.32. The van der Waals surface area contributed by atoms with E-state index >= 15 is 0 Å². The van der Waals surface area contributed by atoms with E-state index in [1.165, 1.54) is 6.07 Å². The summed E-state index contributed by atoms with van der Waals surface area (Å²) in [5, 5.41) is 3.27. The maximum Gasteiger partial charge on any atom is 0.311 e. The van der Waals surface area contributed by atoms with E-state index in [0.29, 0.717) is 15.7 Å². The number of nitrogens with zero attached hydrogens (tertiary/aromatic N) is 1. The van der Waals surface area contributed by atoms with Crippen molar-refractivity contribution in [2.45, 2.75) is 13.3 Å². The molecule has 0 radical (unpaired) electrons. The largest absolute Gasteiger partial charge is 0.455 e. The fourth-order valence-corrected chi connectivity index (χ4v) is 3.34. The second-order valence-electron chi connectivity index (χ2n) is 6.47. The molecular weight excluding hydrogens is 403 g/mol. The Morgan fingerprint density at radius 1 is 1.21 bits per heavy atom. The fourth-order valence-electron chi connectivity index (χ4n) is 3.00. The number of carbonyl (C=O) groups excluding carboxylic acids is 3. The molecule has 1 heterocycles. The van der Waals surface area contributed by atoms with Crippen LogP contribution in [0.4, 0.5) is 11.4 Å². The number of benzene rings is 2. The predicted molar refractivity (Wildman–Crippen MR) is 108 cm³/mol. The van der Waals surface area contributed by atoms with Crippen LogP contribution in [0.25, 0.3) is 0 Å². The molecular formula is C20H18Cl2N2O4. The third-order valence-electron chi connectivity index (χ3n) is 4.41. The predicted octanol–water partition coefficient (Wildman–Crippen LogP) is 3.84. The zero-order valence-electron chi connectivity index (χ0n) is 15.1. The molecule has 1 aliphatic heterocycles. The SMILES string of the molecule is Cc1ccccc1N1C[C@@H](C(=O)OCC(=O)Nc2cc(Cl)ccc2Cl)CC1=O.